The lowest BCUT2D eigenvalue weighted by atomic mass is 10.0. The minimum atomic E-state index is -0.742. The maximum Gasteiger partial charge on any atom is 0.303 e. The van der Waals surface area contributed by atoms with Crippen LogP contribution in [0.1, 0.15) is 63.4 Å². The summed E-state index contributed by atoms with van der Waals surface area (Å²) < 4.78 is 0. The Kier molecular flexibility index (Phi) is 8.62. The van der Waals surface area contributed by atoms with Crippen molar-refractivity contribution < 1.29 is 19.8 Å². The molecule has 0 aromatic heterocycles. The molecule has 5 nitrogen and oxygen atoms in total. The maximum atomic E-state index is 12.1. The van der Waals surface area contributed by atoms with Gasteiger partial charge in [0.1, 0.15) is 0 Å². The Morgan fingerprint density at radius 1 is 1.15 bits per heavy atom. The van der Waals surface area contributed by atoms with Gasteiger partial charge in [-0.15, -0.1) is 0 Å². The van der Waals surface area contributed by atoms with Gasteiger partial charge < -0.3 is 15.1 Å². The van der Waals surface area contributed by atoms with Crippen LogP contribution in [0.3, 0.4) is 0 Å². The summed E-state index contributed by atoms with van der Waals surface area (Å²) >= 11 is 0. The molecule has 5 heteroatoms. The fraction of sp³-hybridized carbons (Fsp3) is 0.619. The Morgan fingerprint density at radius 3 is 2.62 bits per heavy atom. The fourth-order valence-corrected chi connectivity index (χ4v) is 3.69. The van der Waals surface area contributed by atoms with Crippen LogP contribution in [0.5, 0.6) is 0 Å². The van der Waals surface area contributed by atoms with Gasteiger partial charge in [0.25, 0.3) is 0 Å². The van der Waals surface area contributed by atoms with E-state index in [1.54, 1.807) is 0 Å². The number of rotatable bonds is 12. The number of likely N-dealkylation sites (tertiary alicyclic amines) is 1. The van der Waals surface area contributed by atoms with E-state index >= 15 is 0 Å². The molecule has 1 aromatic carbocycles. The first-order valence-corrected chi connectivity index (χ1v) is 9.79. The molecule has 0 saturated carbocycles. The van der Waals surface area contributed by atoms with Crippen LogP contribution >= 0.6 is 0 Å². The van der Waals surface area contributed by atoms with Crippen molar-refractivity contribution in [3.8, 4) is 0 Å². The van der Waals surface area contributed by atoms with Crippen LogP contribution in [0.4, 0.5) is 0 Å². The highest BCUT2D eigenvalue weighted by molar-refractivity contribution is 5.78. The van der Waals surface area contributed by atoms with E-state index in [2.05, 4.69) is 0 Å². The van der Waals surface area contributed by atoms with Gasteiger partial charge in [0.2, 0.25) is 5.91 Å². The Labute approximate surface area is 156 Å². The van der Waals surface area contributed by atoms with Crippen molar-refractivity contribution >= 4 is 11.9 Å². The third kappa shape index (κ3) is 7.16. The van der Waals surface area contributed by atoms with Crippen molar-refractivity contribution in [1.82, 2.24) is 4.90 Å². The zero-order valence-electron chi connectivity index (χ0n) is 15.5. The fourth-order valence-electron chi connectivity index (χ4n) is 3.69. The molecule has 0 bridgehead atoms. The Morgan fingerprint density at radius 2 is 1.88 bits per heavy atom. The van der Waals surface area contributed by atoms with E-state index in [4.69, 9.17) is 5.11 Å². The number of aliphatic carboxylic acids is 1. The second-order valence-corrected chi connectivity index (χ2v) is 7.26. The molecule has 26 heavy (non-hydrogen) atoms. The van der Waals surface area contributed by atoms with Gasteiger partial charge in [-0.25, -0.2) is 0 Å². The molecule has 1 amide bonds. The molecular formula is C21H31NO4. The molecule has 2 N–H and O–H groups in total. The highest BCUT2D eigenvalue weighted by Gasteiger charge is 2.30. The van der Waals surface area contributed by atoms with E-state index in [9.17, 15) is 14.7 Å². The van der Waals surface area contributed by atoms with Crippen molar-refractivity contribution in [2.24, 2.45) is 0 Å². The lowest BCUT2D eigenvalue weighted by Crippen LogP contribution is -2.34. The minimum absolute atomic E-state index is 0.220. The number of aliphatic hydroxyl groups excluding tert-OH is 1. The second kappa shape index (κ2) is 11.0. The summed E-state index contributed by atoms with van der Waals surface area (Å²) in [7, 11) is 0. The van der Waals surface area contributed by atoms with Crippen LogP contribution in [0.2, 0.25) is 0 Å². The average Bonchev–Trinajstić information content (AvgIpc) is 2.97. The molecule has 1 fully saturated rings. The molecule has 1 aliphatic rings. The van der Waals surface area contributed by atoms with E-state index in [1.165, 1.54) is 0 Å². The van der Waals surface area contributed by atoms with E-state index in [0.717, 1.165) is 44.2 Å². The number of nitrogens with zero attached hydrogens (tertiary/aromatic N) is 1. The zero-order valence-corrected chi connectivity index (χ0v) is 15.5. The molecule has 1 saturated heterocycles. The van der Waals surface area contributed by atoms with Gasteiger partial charge in [-0.2, -0.15) is 0 Å². The predicted molar refractivity (Wildman–Crippen MR) is 101 cm³/mol. The lowest BCUT2D eigenvalue weighted by molar-refractivity contribution is -0.137. The number of hydrogen-bond donors (Lipinski definition) is 2. The molecule has 1 heterocycles. The Bertz CT molecular complexity index is 560. The van der Waals surface area contributed by atoms with E-state index in [-0.39, 0.29) is 24.5 Å². The number of carboxylic acids is 1. The van der Waals surface area contributed by atoms with Gasteiger partial charge >= 0.3 is 5.97 Å². The van der Waals surface area contributed by atoms with Crippen LogP contribution in [-0.4, -0.2) is 45.7 Å². The first-order valence-electron chi connectivity index (χ1n) is 9.79. The van der Waals surface area contributed by atoms with Crippen molar-refractivity contribution in [2.45, 2.75) is 76.4 Å². The summed E-state index contributed by atoms with van der Waals surface area (Å²) in [5.74, 6) is -0.521. The normalized spacial score (nSPS) is 18.3. The van der Waals surface area contributed by atoms with Crippen molar-refractivity contribution in [3.05, 3.63) is 35.9 Å². The summed E-state index contributed by atoms with van der Waals surface area (Å²) in [6.07, 6.45) is 7.05. The van der Waals surface area contributed by atoms with Crippen LogP contribution in [0.15, 0.2) is 30.3 Å². The van der Waals surface area contributed by atoms with Crippen LogP contribution in [0, 0.1) is 0 Å². The van der Waals surface area contributed by atoms with Crippen molar-refractivity contribution in [3.63, 3.8) is 0 Å². The maximum absolute atomic E-state index is 12.1. The van der Waals surface area contributed by atoms with Gasteiger partial charge in [-0.3, -0.25) is 9.59 Å². The third-order valence-corrected chi connectivity index (χ3v) is 5.14. The quantitative estimate of drug-likeness (QED) is 0.559. The van der Waals surface area contributed by atoms with Gasteiger partial charge in [-0.1, -0.05) is 43.2 Å². The monoisotopic (exact) mass is 361 g/mol. The molecule has 2 atom stereocenters. The summed E-state index contributed by atoms with van der Waals surface area (Å²) in [5, 5.41) is 18.9. The molecular weight excluding hydrogens is 330 g/mol. The summed E-state index contributed by atoms with van der Waals surface area (Å²) in [6.45, 7) is 0.755. The minimum Gasteiger partial charge on any atom is -0.481 e. The number of carbonyl (C=O) groups is 2. The van der Waals surface area contributed by atoms with Crippen molar-refractivity contribution in [2.75, 3.05) is 6.54 Å². The first-order chi connectivity index (χ1) is 12.6. The number of carbonyl (C=O) groups excluding carboxylic acids is 1. The molecule has 0 radical (unpaired) electrons. The van der Waals surface area contributed by atoms with Gasteiger partial charge in [0.05, 0.1) is 6.10 Å². The largest absolute Gasteiger partial charge is 0.481 e. The zero-order chi connectivity index (χ0) is 18.8. The molecule has 0 unspecified atom stereocenters. The SMILES string of the molecule is O=C(O)CCCCCCN1C(=O)CC[C@@H]1CC[C@H](O)Cc1ccccc1. The first kappa shape index (κ1) is 20.4. The Balaban J connectivity index is 1.67. The topological polar surface area (TPSA) is 77.8 Å². The summed E-state index contributed by atoms with van der Waals surface area (Å²) in [6, 6.07) is 10.2. The van der Waals surface area contributed by atoms with E-state index < -0.39 is 5.97 Å². The molecule has 144 valence electrons. The standard InChI is InChI=1S/C21H31NO4/c23-19(16-17-8-4-3-5-9-17)13-11-18-12-14-20(24)22(18)15-7-2-1-6-10-21(25)26/h3-5,8-9,18-19,23H,1-2,6-7,10-16H2,(H,25,26)/t18-,19-/m0/s1. The van der Waals surface area contributed by atoms with Crippen LogP contribution in [-0.2, 0) is 16.0 Å². The smallest absolute Gasteiger partial charge is 0.303 e. The van der Waals surface area contributed by atoms with Gasteiger partial charge in [0.15, 0.2) is 0 Å². The average molecular weight is 361 g/mol. The lowest BCUT2D eigenvalue weighted by Gasteiger charge is -2.25. The number of amides is 1. The molecule has 0 aliphatic carbocycles. The van der Waals surface area contributed by atoms with E-state index in [1.807, 2.05) is 35.2 Å². The highest BCUT2D eigenvalue weighted by Crippen LogP contribution is 2.24. The number of aliphatic hydroxyl groups is 1. The summed E-state index contributed by atoms with van der Waals surface area (Å²) in [5.41, 5.74) is 1.14. The highest BCUT2D eigenvalue weighted by atomic mass is 16.4. The third-order valence-electron chi connectivity index (χ3n) is 5.14. The number of carboxylic acid groups (broad SMARTS) is 1. The molecule has 0 spiro atoms. The van der Waals surface area contributed by atoms with Crippen molar-refractivity contribution in [1.29, 1.82) is 0 Å². The molecule has 2 rings (SSSR count). The van der Waals surface area contributed by atoms with Gasteiger partial charge in [-0.05, 0) is 44.1 Å². The summed E-state index contributed by atoms with van der Waals surface area (Å²) in [4.78, 5) is 24.6. The predicted octanol–water partition coefficient (Wildman–Crippen LogP) is 3.40. The van der Waals surface area contributed by atoms with E-state index in [0.29, 0.717) is 25.7 Å². The molecule has 1 aliphatic heterocycles. The van der Waals surface area contributed by atoms with Crippen LogP contribution in [0.25, 0.3) is 0 Å². The number of hydrogen-bond acceptors (Lipinski definition) is 3. The van der Waals surface area contributed by atoms with Gasteiger partial charge in [0, 0.05) is 25.4 Å². The Hall–Kier alpha value is -1.88. The number of benzene rings is 1. The van der Waals surface area contributed by atoms with Crippen LogP contribution < -0.4 is 0 Å². The molecule has 1 aromatic rings. The second-order valence-electron chi connectivity index (χ2n) is 7.26. The number of unbranched alkanes of at least 4 members (excludes halogenated alkanes) is 3.